The van der Waals surface area contributed by atoms with Crippen molar-refractivity contribution in [3.05, 3.63) is 53.2 Å². The topological polar surface area (TPSA) is 88.2 Å². The SMILES string of the molecule is N[C@@H](Cc1ccc(O)cc1)C(=O)Nc1cc(Cl)ccn1. The van der Waals surface area contributed by atoms with Crippen LogP contribution in [0.3, 0.4) is 0 Å². The number of anilines is 1. The molecule has 1 aromatic heterocycles. The third kappa shape index (κ3) is 3.94. The molecule has 1 heterocycles. The first-order valence-corrected chi connectivity index (χ1v) is 6.38. The van der Waals surface area contributed by atoms with Gasteiger partial charge in [0.15, 0.2) is 0 Å². The molecule has 6 heteroatoms. The average Bonchev–Trinajstić information content (AvgIpc) is 2.41. The molecule has 104 valence electrons. The Morgan fingerprint density at radius 2 is 2.05 bits per heavy atom. The highest BCUT2D eigenvalue weighted by Crippen LogP contribution is 2.13. The minimum Gasteiger partial charge on any atom is -0.508 e. The van der Waals surface area contributed by atoms with Crippen molar-refractivity contribution in [2.75, 3.05) is 5.32 Å². The van der Waals surface area contributed by atoms with Crippen LogP contribution < -0.4 is 11.1 Å². The number of aromatic hydroxyl groups is 1. The van der Waals surface area contributed by atoms with Crippen molar-refractivity contribution in [3.8, 4) is 5.75 Å². The first kappa shape index (κ1) is 14.3. The van der Waals surface area contributed by atoms with E-state index in [0.29, 0.717) is 17.3 Å². The standard InChI is InChI=1S/C14H14ClN3O2/c15-10-5-6-17-13(8-10)18-14(20)12(16)7-9-1-3-11(19)4-2-9/h1-6,8,12,19H,7,16H2,(H,17,18,20)/t12-/m0/s1. The van der Waals surface area contributed by atoms with Crippen molar-refractivity contribution in [2.24, 2.45) is 5.73 Å². The second-order valence-corrected chi connectivity index (χ2v) is 4.76. The summed E-state index contributed by atoms with van der Waals surface area (Å²) >= 11 is 5.81. The van der Waals surface area contributed by atoms with E-state index in [1.807, 2.05) is 0 Å². The first-order chi connectivity index (χ1) is 9.54. The Labute approximate surface area is 121 Å². The summed E-state index contributed by atoms with van der Waals surface area (Å²) in [7, 11) is 0. The van der Waals surface area contributed by atoms with Gasteiger partial charge in [0, 0.05) is 11.2 Å². The third-order valence-corrected chi connectivity index (χ3v) is 2.94. The van der Waals surface area contributed by atoms with E-state index in [-0.39, 0.29) is 11.7 Å². The van der Waals surface area contributed by atoms with Crippen LogP contribution >= 0.6 is 11.6 Å². The maximum Gasteiger partial charge on any atom is 0.242 e. The molecule has 0 aliphatic heterocycles. The van der Waals surface area contributed by atoms with Gasteiger partial charge >= 0.3 is 0 Å². The molecule has 20 heavy (non-hydrogen) atoms. The van der Waals surface area contributed by atoms with E-state index >= 15 is 0 Å². The van der Waals surface area contributed by atoms with Gasteiger partial charge in [0.2, 0.25) is 5.91 Å². The van der Waals surface area contributed by atoms with Gasteiger partial charge in [-0.05, 0) is 36.2 Å². The first-order valence-electron chi connectivity index (χ1n) is 6.00. The number of hydrogen-bond acceptors (Lipinski definition) is 4. The molecule has 1 atom stereocenters. The number of aromatic nitrogens is 1. The van der Waals surface area contributed by atoms with E-state index in [4.69, 9.17) is 17.3 Å². The number of benzene rings is 1. The van der Waals surface area contributed by atoms with Crippen LogP contribution in [0.5, 0.6) is 5.75 Å². The van der Waals surface area contributed by atoms with E-state index in [1.54, 1.807) is 36.4 Å². The van der Waals surface area contributed by atoms with Crippen LogP contribution in [-0.4, -0.2) is 22.0 Å². The lowest BCUT2D eigenvalue weighted by atomic mass is 10.1. The predicted molar refractivity (Wildman–Crippen MR) is 77.7 cm³/mol. The molecular weight excluding hydrogens is 278 g/mol. The van der Waals surface area contributed by atoms with Crippen LogP contribution in [0.15, 0.2) is 42.6 Å². The minimum absolute atomic E-state index is 0.176. The Morgan fingerprint density at radius 1 is 1.35 bits per heavy atom. The monoisotopic (exact) mass is 291 g/mol. The van der Waals surface area contributed by atoms with Crippen LogP contribution in [0.25, 0.3) is 0 Å². The third-order valence-electron chi connectivity index (χ3n) is 2.70. The molecule has 1 aromatic carbocycles. The molecule has 0 saturated heterocycles. The lowest BCUT2D eigenvalue weighted by Crippen LogP contribution is -2.37. The van der Waals surface area contributed by atoms with Gasteiger partial charge in [0.05, 0.1) is 6.04 Å². The number of amides is 1. The number of phenols is 1. The maximum absolute atomic E-state index is 11.9. The number of phenolic OH excluding ortho intramolecular Hbond substituents is 1. The second-order valence-electron chi connectivity index (χ2n) is 4.33. The van der Waals surface area contributed by atoms with Crippen molar-refractivity contribution in [1.82, 2.24) is 4.98 Å². The highest BCUT2D eigenvalue weighted by atomic mass is 35.5. The average molecular weight is 292 g/mol. The summed E-state index contributed by atoms with van der Waals surface area (Å²) in [5.74, 6) is 0.200. The Hall–Kier alpha value is -2.11. The summed E-state index contributed by atoms with van der Waals surface area (Å²) in [5.41, 5.74) is 6.70. The van der Waals surface area contributed by atoms with E-state index in [2.05, 4.69) is 10.3 Å². The van der Waals surface area contributed by atoms with Gasteiger partial charge in [-0.25, -0.2) is 4.98 Å². The highest BCUT2D eigenvalue weighted by molar-refractivity contribution is 6.30. The summed E-state index contributed by atoms with van der Waals surface area (Å²) in [5, 5.41) is 12.3. The number of hydrogen-bond donors (Lipinski definition) is 3. The Kier molecular flexibility index (Phi) is 4.55. The number of nitrogens with two attached hydrogens (primary N) is 1. The van der Waals surface area contributed by atoms with E-state index in [0.717, 1.165) is 5.56 Å². The Bertz CT molecular complexity index is 602. The van der Waals surface area contributed by atoms with Crippen LogP contribution in [0, 0.1) is 0 Å². The van der Waals surface area contributed by atoms with Crippen LogP contribution in [0.1, 0.15) is 5.56 Å². The molecule has 0 aliphatic rings. The number of nitrogens with zero attached hydrogens (tertiary/aromatic N) is 1. The summed E-state index contributed by atoms with van der Waals surface area (Å²) in [6.07, 6.45) is 1.87. The van der Waals surface area contributed by atoms with Crippen molar-refractivity contribution in [2.45, 2.75) is 12.5 Å². The maximum atomic E-state index is 11.9. The number of carbonyl (C=O) groups is 1. The van der Waals surface area contributed by atoms with E-state index < -0.39 is 6.04 Å². The smallest absolute Gasteiger partial charge is 0.242 e. The molecule has 0 bridgehead atoms. The molecule has 2 aromatic rings. The predicted octanol–water partition coefficient (Wildman–Crippen LogP) is 1.95. The number of carbonyl (C=O) groups excluding carboxylic acids is 1. The zero-order valence-corrected chi connectivity index (χ0v) is 11.3. The minimum atomic E-state index is -0.708. The normalized spacial score (nSPS) is 11.9. The van der Waals surface area contributed by atoms with Gasteiger partial charge < -0.3 is 16.2 Å². The molecule has 1 amide bonds. The Morgan fingerprint density at radius 3 is 2.70 bits per heavy atom. The molecule has 0 spiro atoms. The number of nitrogens with one attached hydrogen (secondary N) is 1. The van der Waals surface area contributed by atoms with E-state index in [9.17, 15) is 9.90 Å². The molecule has 4 N–H and O–H groups in total. The van der Waals surface area contributed by atoms with E-state index in [1.165, 1.54) is 6.20 Å². The van der Waals surface area contributed by atoms with Gasteiger partial charge in [0.1, 0.15) is 11.6 Å². The van der Waals surface area contributed by atoms with Gasteiger partial charge in [-0.3, -0.25) is 4.79 Å². The molecule has 0 fully saturated rings. The lowest BCUT2D eigenvalue weighted by Gasteiger charge is -2.12. The number of rotatable bonds is 4. The van der Waals surface area contributed by atoms with Crippen molar-refractivity contribution in [1.29, 1.82) is 0 Å². The molecule has 0 unspecified atom stereocenters. The lowest BCUT2D eigenvalue weighted by molar-refractivity contribution is -0.117. The summed E-state index contributed by atoms with van der Waals surface area (Å²) in [6.45, 7) is 0. The van der Waals surface area contributed by atoms with Gasteiger partial charge in [-0.1, -0.05) is 23.7 Å². The van der Waals surface area contributed by atoms with Crippen molar-refractivity contribution < 1.29 is 9.90 Å². The van der Waals surface area contributed by atoms with Crippen molar-refractivity contribution in [3.63, 3.8) is 0 Å². The van der Waals surface area contributed by atoms with Crippen molar-refractivity contribution >= 4 is 23.3 Å². The molecule has 0 aliphatic carbocycles. The largest absolute Gasteiger partial charge is 0.508 e. The van der Waals surface area contributed by atoms with Crippen LogP contribution in [0.2, 0.25) is 5.02 Å². The van der Waals surface area contributed by atoms with Gasteiger partial charge in [0.25, 0.3) is 0 Å². The molecule has 5 nitrogen and oxygen atoms in total. The molecule has 2 rings (SSSR count). The number of pyridine rings is 1. The second kappa shape index (κ2) is 6.36. The fourth-order valence-electron chi connectivity index (χ4n) is 1.67. The van der Waals surface area contributed by atoms with Crippen LogP contribution in [-0.2, 0) is 11.2 Å². The zero-order valence-electron chi connectivity index (χ0n) is 10.6. The van der Waals surface area contributed by atoms with Crippen LogP contribution in [0.4, 0.5) is 5.82 Å². The summed E-state index contributed by atoms with van der Waals surface area (Å²) in [4.78, 5) is 15.9. The molecular formula is C14H14ClN3O2. The zero-order chi connectivity index (χ0) is 14.5. The molecule has 0 saturated carbocycles. The van der Waals surface area contributed by atoms with Gasteiger partial charge in [-0.2, -0.15) is 0 Å². The molecule has 0 radical (unpaired) electrons. The highest BCUT2D eigenvalue weighted by Gasteiger charge is 2.14. The van der Waals surface area contributed by atoms with Gasteiger partial charge in [-0.15, -0.1) is 0 Å². The summed E-state index contributed by atoms with van der Waals surface area (Å²) in [6, 6.07) is 9.01. The fourth-order valence-corrected chi connectivity index (χ4v) is 1.83. The fraction of sp³-hybridized carbons (Fsp3) is 0.143. The summed E-state index contributed by atoms with van der Waals surface area (Å²) < 4.78 is 0. The quantitative estimate of drug-likeness (QED) is 0.803. The Balaban J connectivity index is 1.96. The number of halogens is 1.